The number of thioether (sulfide) groups is 1. The van der Waals surface area contributed by atoms with E-state index in [1.165, 1.54) is 21.6 Å². The first-order chi connectivity index (χ1) is 6.54. The SMILES string of the molecule is Cc1cc(C)c(SC(C)CO)c(C)c1. The lowest BCUT2D eigenvalue weighted by Gasteiger charge is -2.13. The summed E-state index contributed by atoms with van der Waals surface area (Å²) in [6, 6.07) is 4.39. The molecule has 1 atom stereocenters. The Morgan fingerprint density at radius 1 is 1.21 bits per heavy atom. The summed E-state index contributed by atoms with van der Waals surface area (Å²) >= 11 is 1.76. The summed E-state index contributed by atoms with van der Waals surface area (Å²) in [5.41, 5.74) is 3.93. The van der Waals surface area contributed by atoms with Crippen LogP contribution in [0, 0.1) is 20.8 Å². The Kier molecular flexibility index (Phi) is 4.02. The van der Waals surface area contributed by atoms with Gasteiger partial charge in [-0.3, -0.25) is 0 Å². The van der Waals surface area contributed by atoms with Crippen molar-refractivity contribution in [1.82, 2.24) is 0 Å². The molecule has 0 amide bonds. The van der Waals surface area contributed by atoms with Crippen molar-refractivity contribution in [1.29, 1.82) is 0 Å². The van der Waals surface area contributed by atoms with Gasteiger partial charge in [-0.05, 0) is 31.9 Å². The first kappa shape index (κ1) is 11.6. The Balaban J connectivity index is 2.96. The Morgan fingerprint density at radius 2 is 1.71 bits per heavy atom. The second-order valence-corrected chi connectivity index (χ2v) is 5.29. The zero-order valence-corrected chi connectivity index (χ0v) is 10.1. The molecule has 1 aromatic carbocycles. The van der Waals surface area contributed by atoms with E-state index in [0.29, 0.717) is 0 Å². The molecule has 14 heavy (non-hydrogen) atoms. The number of aliphatic hydroxyl groups excluding tert-OH is 1. The molecule has 1 N–H and O–H groups in total. The summed E-state index contributed by atoms with van der Waals surface area (Å²) in [5, 5.41) is 9.28. The first-order valence-corrected chi connectivity index (χ1v) is 5.78. The molecule has 78 valence electrons. The Morgan fingerprint density at radius 3 is 2.14 bits per heavy atom. The summed E-state index contributed by atoms with van der Waals surface area (Å²) in [7, 11) is 0. The smallest absolute Gasteiger partial charge is 0.0550 e. The van der Waals surface area contributed by atoms with Gasteiger partial charge in [0.25, 0.3) is 0 Å². The third-order valence-corrected chi connectivity index (χ3v) is 3.61. The summed E-state index contributed by atoms with van der Waals surface area (Å²) in [4.78, 5) is 1.32. The Labute approximate surface area is 90.5 Å². The molecule has 1 nitrogen and oxygen atoms in total. The van der Waals surface area contributed by atoms with Crippen LogP contribution in [0.25, 0.3) is 0 Å². The van der Waals surface area contributed by atoms with E-state index in [4.69, 9.17) is 5.11 Å². The van der Waals surface area contributed by atoms with Crippen LogP contribution in [0.4, 0.5) is 0 Å². The van der Waals surface area contributed by atoms with Gasteiger partial charge in [-0.2, -0.15) is 0 Å². The normalized spacial score (nSPS) is 12.9. The van der Waals surface area contributed by atoms with Gasteiger partial charge < -0.3 is 5.11 Å². The molecule has 0 fully saturated rings. The third-order valence-electron chi connectivity index (χ3n) is 2.18. The highest BCUT2D eigenvalue weighted by Gasteiger charge is 2.08. The molecular weight excluding hydrogens is 192 g/mol. The van der Waals surface area contributed by atoms with Gasteiger partial charge in [0, 0.05) is 10.1 Å². The second kappa shape index (κ2) is 4.85. The van der Waals surface area contributed by atoms with Crippen LogP contribution in [0.1, 0.15) is 23.6 Å². The highest BCUT2D eigenvalue weighted by atomic mass is 32.2. The first-order valence-electron chi connectivity index (χ1n) is 4.90. The van der Waals surface area contributed by atoms with Crippen molar-refractivity contribution in [3.05, 3.63) is 28.8 Å². The molecule has 0 saturated carbocycles. The maximum Gasteiger partial charge on any atom is 0.0550 e. The standard InChI is InChI=1S/C12H18OS/c1-8-5-9(2)12(10(3)6-8)14-11(4)7-13/h5-6,11,13H,7H2,1-4H3. The lowest BCUT2D eigenvalue weighted by Crippen LogP contribution is -2.03. The fourth-order valence-electron chi connectivity index (χ4n) is 1.59. The summed E-state index contributed by atoms with van der Waals surface area (Å²) < 4.78 is 0. The summed E-state index contributed by atoms with van der Waals surface area (Å²) in [6.07, 6.45) is 0. The van der Waals surface area contributed by atoms with Crippen LogP contribution >= 0.6 is 11.8 Å². The van der Waals surface area contributed by atoms with Crippen LogP contribution in [0.2, 0.25) is 0 Å². The van der Waals surface area contributed by atoms with Crippen molar-refractivity contribution in [2.75, 3.05) is 6.61 Å². The van der Waals surface area contributed by atoms with Gasteiger partial charge in [0.05, 0.1) is 6.61 Å². The average Bonchev–Trinajstić information content (AvgIpc) is 2.10. The second-order valence-electron chi connectivity index (χ2n) is 3.84. The molecular formula is C12H18OS. The number of rotatable bonds is 3. The molecule has 0 bridgehead atoms. The fraction of sp³-hybridized carbons (Fsp3) is 0.500. The van der Waals surface area contributed by atoms with E-state index in [0.717, 1.165) is 0 Å². The van der Waals surface area contributed by atoms with Crippen molar-refractivity contribution in [3.8, 4) is 0 Å². The number of benzene rings is 1. The van der Waals surface area contributed by atoms with E-state index < -0.39 is 0 Å². The van der Waals surface area contributed by atoms with Crippen molar-refractivity contribution >= 4 is 11.8 Å². The van der Waals surface area contributed by atoms with E-state index in [9.17, 15) is 0 Å². The lowest BCUT2D eigenvalue weighted by molar-refractivity contribution is 0.300. The van der Waals surface area contributed by atoms with E-state index in [-0.39, 0.29) is 11.9 Å². The Hall–Kier alpha value is -0.470. The average molecular weight is 210 g/mol. The number of aliphatic hydroxyl groups is 1. The molecule has 1 aromatic rings. The highest BCUT2D eigenvalue weighted by Crippen LogP contribution is 2.30. The summed E-state index contributed by atoms with van der Waals surface area (Å²) in [6.45, 7) is 8.66. The quantitative estimate of drug-likeness (QED) is 0.774. The van der Waals surface area contributed by atoms with Gasteiger partial charge in [-0.15, -0.1) is 11.8 Å². The van der Waals surface area contributed by atoms with E-state index in [1.807, 2.05) is 6.92 Å². The molecule has 0 saturated heterocycles. The largest absolute Gasteiger partial charge is 0.395 e. The van der Waals surface area contributed by atoms with E-state index >= 15 is 0 Å². The molecule has 2 heteroatoms. The van der Waals surface area contributed by atoms with Crippen molar-refractivity contribution in [2.24, 2.45) is 0 Å². The van der Waals surface area contributed by atoms with Crippen molar-refractivity contribution in [3.63, 3.8) is 0 Å². The zero-order valence-electron chi connectivity index (χ0n) is 9.29. The molecule has 0 heterocycles. The predicted molar refractivity (Wildman–Crippen MR) is 63.1 cm³/mol. The highest BCUT2D eigenvalue weighted by molar-refractivity contribution is 8.00. The van der Waals surface area contributed by atoms with Gasteiger partial charge in [0.2, 0.25) is 0 Å². The lowest BCUT2D eigenvalue weighted by atomic mass is 10.1. The van der Waals surface area contributed by atoms with Crippen LogP contribution in [0.5, 0.6) is 0 Å². The fourth-order valence-corrected chi connectivity index (χ4v) is 2.56. The maximum absolute atomic E-state index is 9.01. The number of hydrogen-bond donors (Lipinski definition) is 1. The topological polar surface area (TPSA) is 20.2 Å². The number of hydrogen-bond acceptors (Lipinski definition) is 2. The molecule has 0 aliphatic carbocycles. The minimum atomic E-state index is 0.234. The van der Waals surface area contributed by atoms with Gasteiger partial charge in [-0.25, -0.2) is 0 Å². The number of aryl methyl sites for hydroxylation is 3. The molecule has 0 aliphatic heterocycles. The van der Waals surface area contributed by atoms with Crippen LogP contribution < -0.4 is 0 Å². The van der Waals surface area contributed by atoms with Gasteiger partial charge in [0.15, 0.2) is 0 Å². The van der Waals surface area contributed by atoms with Crippen molar-refractivity contribution < 1.29 is 5.11 Å². The van der Waals surface area contributed by atoms with Gasteiger partial charge >= 0.3 is 0 Å². The van der Waals surface area contributed by atoms with Crippen LogP contribution in [0.15, 0.2) is 17.0 Å². The van der Waals surface area contributed by atoms with E-state index in [2.05, 4.69) is 32.9 Å². The van der Waals surface area contributed by atoms with Gasteiger partial charge in [-0.1, -0.05) is 24.6 Å². The van der Waals surface area contributed by atoms with Gasteiger partial charge in [0.1, 0.15) is 0 Å². The monoisotopic (exact) mass is 210 g/mol. The summed E-state index contributed by atoms with van der Waals surface area (Å²) in [5.74, 6) is 0. The van der Waals surface area contributed by atoms with Crippen LogP contribution in [0.3, 0.4) is 0 Å². The minimum absolute atomic E-state index is 0.234. The predicted octanol–water partition coefficient (Wildman–Crippen LogP) is 3.08. The van der Waals surface area contributed by atoms with E-state index in [1.54, 1.807) is 11.8 Å². The molecule has 0 aliphatic rings. The molecule has 0 aromatic heterocycles. The van der Waals surface area contributed by atoms with Crippen molar-refractivity contribution in [2.45, 2.75) is 37.8 Å². The molecule has 0 spiro atoms. The molecule has 1 rings (SSSR count). The maximum atomic E-state index is 9.01. The molecule has 0 radical (unpaired) electrons. The third kappa shape index (κ3) is 2.76. The zero-order chi connectivity index (χ0) is 10.7. The Bertz CT molecular complexity index is 297. The van der Waals surface area contributed by atoms with Crippen LogP contribution in [-0.4, -0.2) is 17.0 Å². The minimum Gasteiger partial charge on any atom is -0.395 e. The molecule has 1 unspecified atom stereocenters. The van der Waals surface area contributed by atoms with Crippen LogP contribution in [-0.2, 0) is 0 Å².